The van der Waals surface area contributed by atoms with E-state index in [9.17, 15) is 9.18 Å². The van der Waals surface area contributed by atoms with E-state index < -0.39 is 0 Å². The Bertz CT molecular complexity index is 675. The van der Waals surface area contributed by atoms with Crippen molar-refractivity contribution in [2.45, 2.75) is 0 Å². The molecule has 1 aliphatic rings. The predicted octanol–water partition coefficient (Wildman–Crippen LogP) is 3.47. The van der Waals surface area contributed by atoms with E-state index in [-0.39, 0.29) is 11.7 Å². The van der Waals surface area contributed by atoms with Crippen LogP contribution in [0.15, 0.2) is 42.5 Å². The quantitative estimate of drug-likeness (QED) is 0.706. The first-order valence-electron chi connectivity index (χ1n) is 6.15. The number of hydrogen-bond donors (Lipinski definition) is 0. The zero-order valence-corrected chi connectivity index (χ0v) is 12.6. The topological polar surface area (TPSA) is 29.5 Å². The molecule has 2 aromatic carbocycles. The fourth-order valence-corrected chi connectivity index (χ4v) is 2.90. The lowest BCUT2D eigenvalue weighted by atomic mass is 10.1. The second-order valence-corrected chi connectivity index (χ2v) is 5.56. The molecular formula is C15H11FINO2. The molecule has 3 rings (SSSR count). The van der Waals surface area contributed by atoms with E-state index in [1.165, 1.54) is 18.2 Å². The highest BCUT2D eigenvalue weighted by Gasteiger charge is 2.25. The van der Waals surface area contributed by atoms with Gasteiger partial charge in [0.25, 0.3) is 5.91 Å². The highest BCUT2D eigenvalue weighted by Crippen LogP contribution is 2.32. The van der Waals surface area contributed by atoms with Crippen LogP contribution in [0.4, 0.5) is 10.1 Å². The normalized spacial score (nSPS) is 13.6. The van der Waals surface area contributed by atoms with Crippen molar-refractivity contribution in [1.82, 2.24) is 0 Å². The summed E-state index contributed by atoms with van der Waals surface area (Å²) < 4.78 is 19.3. The summed E-state index contributed by atoms with van der Waals surface area (Å²) in [7, 11) is 0. The van der Waals surface area contributed by atoms with Crippen molar-refractivity contribution in [3.05, 3.63) is 57.4 Å². The molecule has 3 nitrogen and oxygen atoms in total. The van der Waals surface area contributed by atoms with Gasteiger partial charge in [-0.15, -0.1) is 0 Å². The van der Waals surface area contributed by atoms with E-state index in [1.807, 2.05) is 46.9 Å². The van der Waals surface area contributed by atoms with Gasteiger partial charge in [-0.1, -0.05) is 12.1 Å². The van der Waals surface area contributed by atoms with Gasteiger partial charge in [-0.3, -0.25) is 4.79 Å². The van der Waals surface area contributed by atoms with Gasteiger partial charge in [0.15, 0.2) is 0 Å². The average molecular weight is 383 g/mol. The Morgan fingerprint density at radius 3 is 2.85 bits per heavy atom. The highest BCUT2D eigenvalue weighted by atomic mass is 127. The third-order valence-electron chi connectivity index (χ3n) is 3.14. The number of hydrogen-bond acceptors (Lipinski definition) is 2. The van der Waals surface area contributed by atoms with Crippen molar-refractivity contribution in [1.29, 1.82) is 0 Å². The van der Waals surface area contributed by atoms with Gasteiger partial charge >= 0.3 is 0 Å². The van der Waals surface area contributed by atoms with Crippen molar-refractivity contribution in [2.24, 2.45) is 0 Å². The van der Waals surface area contributed by atoms with Gasteiger partial charge in [-0.25, -0.2) is 4.39 Å². The molecule has 102 valence electrons. The fourth-order valence-electron chi connectivity index (χ4n) is 2.19. The molecule has 0 aromatic heterocycles. The van der Waals surface area contributed by atoms with Gasteiger partial charge in [-0.2, -0.15) is 0 Å². The van der Waals surface area contributed by atoms with Crippen molar-refractivity contribution in [2.75, 3.05) is 18.1 Å². The summed E-state index contributed by atoms with van der Waals surface area (Å²) in [6.45, 7) is 0.948. The Hall–Kier alpha value is -1.63. The molecule has 0 unspecified atom stereocenters. The number of benzene rings is 2. The van der Waals surface area contributed by atoms with Crippen LogP contribution in [0.25, 0.3) is 0 Å². The molecule has 0 radical (unpaired) electrons. The molecule has 1 heterocycles. The Morgan fingerprint density at radius 1 is 1.25 bits per heavy atom. The monoisotopic (exact) mass is 383 g/mol. The summed E-state index contributed by atoms with van der Waals surface area (Å²) in [6, 6.07) is 11.6. The molecule has 0 fully saturated rings. The van der Waals surface area contributed by atoms with E-state index in [2.05, 4.69) is 0 Å². The molecule has 0 aliphatic carbocycles. The van der Waals surface area contributed by atoms with Crippen LogP contribution >= 0.6 is 22.6 Å². The standard InChI is InChI=1S/C15H11FINO2/c16-10-5-6-11(12(17)9-10)15(19)18-7-8-20-14-4-2-1-3-13(14)18/h1-6,9H,7-8H2. The first-order chi connectivity index (χ1) is 9.66. The van der Waals surface area contributed by atoms with Gasteiger partial charge in [-0.05, 0) is 52.9 Å². The number of fused-ring (bicyclic) bond motifs is 1. The molecule has 20 heavy (non-hydrogen) atoms. The number of nitrogens with zero attached hydrogens (tertiary/aromatic N) is 1. The minimum absolute atomic E-state index is 0.134. The molecule has 2 aromatic rings. The van der Waals surface area contributed by atoms with Gasteiger partial charge in [0.05, 0.1) is 17.8 Å². The van der Waals surface area contributed by atoms with Crippen molar-refractivity contribution in [3.63, 3.8) is 0 Å². The minimum atomic E-state index is -0.340. The Balaban J connectivity index is 2.00. The maximum absolute atomic E-state index is 13.1. The second-order valence-electron chi connectivity index (χ2n) is 4.40. The Morgan fingerprint density at radius 2 is 2.05 bits per heavy atom. The predicted molar refractivity (Wildman–Crippen MR) is 82.7 cm³/mol. The van der Waals surface area contributed by atoms with E-state index in [0.29, 0.717) is 28.0 Å². The average Bonchev–Trinajstić information content (AvgIpc) is 2.46. The smallest absolute Gasteiger partial charge is 0.259 e. The number of amides is 1. The van der Waals surface area contributed by atoms with Gasteiger partial charge in [0.2, 0.25) is 0 Å². The third-order valence-corrected chi connectivity index (χ3v) is 4.03. The first kappa shape index (κ1) is 13.4. The lowest BCUT2D eigenvalue weighted by Gasteiger charge is -2.29. The van der Waals surface area contributed by atoms with Crippen molar-refractivity contribution >= 4 is 34.2 Å². The summed E-state index contributed by atoms with van der Waals surface area (Å²) >= 11 is 1.98. The van der Waals surface area contributed by atoms with Gasteiger partial charge in [0, 0.05) is 3.57 Å². The van der Waals surface area contributed by atoms with Crippen LogP contribution < -0.4 is 9.64 Å². The zero-order valence-electron chi connectivity index (χ0n) is 10.5. The van der Waals surface area contributed by atoms with E-state index >= 15 is 0 Å². The molecule has 1 aliphatic heterocycles. The van der Waals surface area contributed by atoms with Crippen LogP contribution in [-0.4, -0.2) is 19.1 Å². The highest BCUT2D eigenvalue weighted by molar-refractivity contribution is 14.1. The lowest BCUT2D eigenvalue weighted by Crippen LogP contribution is -2.38. The summed E-state index contributed by atoms with van der Waals surface area (Å²) in [5, 5.41) is 0. The molecule has 0 bridgehead atoms. The number of rotatable bonds is 1. The van der Waals surface area contributed by atoms with Crippen LogP contribution in [0.3, 0.4) is 0 Å². The van der Waals surface area contributed by atoms with Crippen LogP contribution in [0.5, 0.6) is 5.75 Å². The van der Waals surface area contributed by atoms with Gasteiger partial charge < -0.3 is 9.64 Å². The zero-order chi connectivity index (χ0) is 14.1. The molecule has 0 atom stereocenters. The summed E-state index contributed by atoms with van der Waals surface area (Å²) in [6.07, 6.45) is 0. The maximum Gasteiger partial charge on any atom is 0.259 e. The van der Waals surface area contributed by atoms with E-state index in [0.717, 1.165) is 5.69 Å². The van der Waals surface area contributed by atoms with Crippen LogP contribution in [0.1, 0.15) is 10.4 Å². The summed E-state index contributed by atoms with van der Waals surface area (Å²) in [5.41, 5.74) is 1.26. The van der Waals surface area contributed by atoms with E-state index in [4.69, 9.17) is 4.74 Å². The Kier molecular flexibility index (Phi) is 3.60. The van der Waals surface area contributed by atoms with Crippen molar-refractivity contribution in [3.8, 4) is 5.75 Å². The number of halogens is 2. The number of para-hydroxylation sites is 2. The number of anilines is 1. The third kappa shape index (κ3) is 2.37. The second kappa shape index (κ2) is 5.40. The fraction of sp³-hybridized carbons (Fsp3) is 0.133. The lowest BCUT2D eigenvalue weighted by molar-refractivity contribution is 0.0975. The minimum Gasteiger partial charge on any atom is -0.490 e. The molecule has 0 saturated heterocycles. The molecular weight excluding hydrogens is 372 g/mol. The van der Waals surface area contributed by atoms with Gasteiger partial charge in [0.1, 0.15) is 18.2 Å². The van der Waals surface area contributed by atoms with Crippen LogP contribution in [0, 0.1) is 9.39 Å². The maximum atomic E-state index is 13.1. The first-order valence-corrected chi connectivity index (χ1v) is 7.23. The largest absolute Gasteiger partial charge is 0.490 e. The molecule has 1 amide bonds. The summed E-state index contributed by atoms with van der Waals surface area (Å²) in [5.74, 6) is 0.225. The number of carbonyl (C=O) groups is 1. The summed E-state index contributed by atoms with van der Waals surface area (Å²) in [4.78, 5) is 14.3. The Labute approximate surface area is 129 Å². The molecule has 0 N–H and O–H groups in total. The molecule has 0 saturated carbocycles. The van der Waals surface area contributed by atoms with Crippen LogP contribution in [0.2, 0.25) is 0 Å². The van der Waals surface area contributed by atoms with Crippen molar-refractivity contribution < 1.29 is 13.9 Å². The van der Waals surface area contributed by atoms with E-state index in [1.54, 1.807) is 4.90 Å². The molecule has 0 spiro atoms. The number of carbonyl (C=O) groups excluding carboxylic acids is 1. The SMILES string of the molecule is O=C(c1ccc(F)cc1I)N1CCOc2ccccc21. The number of ether oxygens (including phenoxy) is 1. The molecule has 5 heteroatoms. The van der Waals surface area contributed by atoms with Crippen LogP contribution in [-0.2, 0) is 0 Å².